The zero-order valence-corrected chi connectivity index (χ0v) is 22.1. The highest BCUT2D eigenvalue weighted by molar-refractivity contribution is 7.97. The first kappa shape index (κ1) is 27.5. The second-order valence-corrected chi connectivity index (χ2v) is 10.5. The van der Waals surface area contributed by atoms with Crippen molar-refractivity contribution in [1.82, 2.24) is 4.31 Å². The van der Waals surface area contributed by atoms with Gasteiger partial charge >= 0.3 is 12.1 Å². The highest BCUT2D eigenvalue weighted by Crippen LogP contribution is 2.35. The van der Waals surface area contributed by atoms with Gasteiger partial charge in [-0.2, -0.15) is 13.2 Å². The first-order valence-electron chi connectivity index (χ1n) is 12.0. The van der Waals surface area contributed by atoms with Crippen LogP contribution in [0.15, 0.2) is 82.1 Å². The lowest BCUT2D eigenvalue weighted by Gasteiger charge is -2.23. The number of furan rings is 1. The van der Waals surface area contributed by atoms with E-state index in [0.717, 1.165) is 49.9 Å². The topological polar surface area (TPSA) is 53.7 Å². The van der Waals surface area contributed by atoms with Crippen molar-refractivity contribution >= 4 is 17.9 Å². The van der Waals surface area contributed by atoms with E-state index >= 15 is 0 Å². The predicted octanol–water partition coefficient (Wildman–Crippen LogP) is 8.23. The third kappa shape index (κ3) is 7.08. The quantitative estimate of drug-likeness (QED) is 0.217. The lowest BCUT2D eigenvalue weighted by molar-refractivity contribution is -0.153. The number of carboxylic acid groups (broad SMARTS) is 1. The van der Waals surface area contributed by atoms with Crippen LogP contribution in [0.25, 0.3) is 11.1 Å². The average molecular weight is 540 g/mol. The maximum atomic E-state index is 13.1. The highest BCUT2D eigenvalue weighted by Gasteiger charge is 2.35. The summed E-state index contributed by atoms with van der Waals surface area (Å²) in [4.78, 5) is 12.1. The first-order valence-corrected chi connectivity index (χ1v) is 12.8. The van der Waals surface area contributed by atoms with Crippen LogP contribution in [0, 0.1) is 20.8 Å². The summed E-state index contributed by atoms with van der Waals surface area (Å²) in [6.45, 7) is 6.75. The number of carbonyl (C=O) groups is 1. The fourth-order valence-corrected chi connectivity index (χ4v) is 5.46. The minimum Gasteiger partial charge on any atom is -0.481 e. The Balaban J connectivity index is 1.58. The van der Waals surface area contributed by atoms with Crippen molar-refractivity contribution in [3.05, 3.63) is 112 Å². The number of benzene rings is 3. The van der Waals surface area contributed by atoms with Gasteiger partial charge in [-0.25, -0.2) is 4.31 Å². The molecule has 0 fully saturated rings. The number of nitrogens with zero attached hydrogens (tertiary/aromatic N) is 1. The van der Waals surface area contributed by atoms with E-state index < -0.39 is 17.9 Å². The predicted molar refractivity (Wildman–Crippen MR) is 143 cm³/mol. The number of rotatable bonds is 9. The van der Waals surface area contributed by atoms with Crippen molar-refractivity contribution in [2.24, 2.45) is 0 Å². The number of halogens is 3. The van der Waals surface area contributed by atoms with Gasteiger partial charge in [-0.1, -0.05) is 66.2 Å². The molecule has 1 aromatic heterocycles. The fourth-order valence-electron chi connectivity index (χ4n) is 4.39. The average Bonchev–Trinajstić information content (AvgIpc) is 3.31. The molecule has 0 saturated carbocycles. The summed E-state index contributed by atoms with van der Waals surface area (Å²) in [6.07, 6.45) is -4.57. The van der Waals surface area contributed by atoms with Gasteiger partial charge in [0.2, 0.25) is 5.76 Å². The fraction of sp³-hybridized carbons (Fsp3) is 0.233. The molecule has 0 unspecified atom stereocenters. The monoisotopic (exact) mass is 539 g/mol. The van der Waals surface area contributed by atoms with Gasteiger partial charge in [-0.05, 0) is 78.2 Å². The number of alkyl halides is 3. The molecule has 0 atom stereocenters. The highest BCUT2D eigenvalue weighted by atomic mass is 32.2. The van der Waals surface area contributed by atoms with E-state index in [9.17, 15) is 18.0 Å². The van der Waals surface area contributed by atoms with Crippen LogP contribution in [-0.4, -0.2) is 15.4 Å². The Kier molecular flexibility index (Phi) is 8.33. The van der Waals surface area contributed by atoms with Crippen molar-refractivity contribution < 1.29 is 27.5 Å². The Morgan fingerprint density at radius 1 is 0.868 bits per heavy atom. The maximum absolute atomic E-state index is 13.1. The molecule has 4 aromatic rings. The Labute approximate surface area is 224 Å². The van der Waals surface area contributed by atoms with E-state index in [1.54, 1.807) is 6.07 Å². The van der Waals surface area contributed by atoms with E-state index in [1.807, 2.05) is 67.5 Å². The van der Waals surface area contributed by atoms with Crippen LogP contribution in [0.5, 0.6) is 0 Å². The lowest BCUT2D eigenvalue weighted by Crippen LogP contribution is -2.15. The first-order chi connectivity index (χ1) is 18.0. The number of hydrogen-bond acceptors (Lipinski definition) is 4. The number of aliphatic carboxylic acids is 1. The molecule has 38 heavy (non-hydrogen) atoms. The second kappa shape index (κ2) is 11.5. The van der Waals surface area contributed by atoms with Crippen molar-refractivity contribution in [3.8, 4) is 11.1 Å². The zero-order chi connectivity index (χ0) is 27.4. The third-order valence-electron chi connectivity index (χ3n) is 6.03. The molecule has 4 rings (SSSR count). The van der Waals surface area contributed by atoms with Crippen LogP contribution >= 0.6 is 11.9 Å². The number of hydrogen-bond donors (Lipinski definition) is 1. The van der Waals surface area contributed by atoms with Gasteiger partial charge < -0.3 is 9.52 Å². The smallest absolute Gasteiger partial charge is 0.449 e. The minimum absolute atomic E-state index is 0.0429. The van der Waals surface area contributed by atoms with Gasteiger partial charge in [-0.3, -0.25) is 4.79 Å². The van der Waals surface area contributed by atoms with Crippen LogP contribution in [0.3, 0.4) is 0 Å². The molecule has 198 valence electrons. The summed E-state index contributed by atoms with van der Waals surface area (Å²) in [6, 6.07) is 21.8. The molecular formula is C30H28F3NO3S. The maximum Gasteiger partial charge on any atom is 0.449 e. The molecule has 4 nitrogen and oxygen atoms in total. The van der Waals surface area contributed by atoms with Crippen LogP contribution in [0.1, 0.15) is 39.3 Å². The van der Waals surface area contributed by atoms with Crippen molar-refractivity contribution in [1.29, 1.82) is 0 Å². The Hall–Kier alpha value is -3.49. The zero-order valence-electron chi connectivity index (χ0n) is 21.3. The SMILES string of the molecule is Cc1cc(C)c(SN(Cc2ccc(-c3cccc(CC(=O)O)c3)cc2)Cc2ccc(C(F)(F)F)o2)c(C)c1. The summed E-state index contributed by atoms with van der Waals surface area (Å²) in [7, 11) is 0. The molecule has 0 aliphatic rings. The van der Waals surface area contributed by atoms with Crippen molar-refractivity contribution in [2.75, 3.05) is 0 Å². The molecule has 0 spiro atoms. The van der Waals surface area contributed by atoms with Crippen LogP contribution in [0.2, 0.25) is 0 Å². The van der Waals surface area contributed by atoms with Gasteiger partial charge in [0, 0.05) is 11.4 Å². The molecule has 0 radical (unpaired) electrons. The molecule has 0 aliphatic carbocycles. The molecule has 3 aromatic carbocycles. The molecule has 1 N–H and O–H groups in total. The summed E-state index contributed by atoms with van der Waals surface area (Å²) in [5.41, 5.74) is 6.93. The van der Waals surface area contributed by atoms with E-state index in [4.69, 9.17) is 9.52 Å². The van der Waals surface area contributed by atoms with Gasteiger partial charge in [0.1, 0.15) is 5.76 Å². The molecule has 8 heteroatoms. The second-order valence-electron chi connectivity index (χ2n) is 9.35. The Bertz CT molecular complexity index is 1400. The summed E-state index contributed by atoms with van der Waals surface area (Å²) < 4.78 is 46.4. The summed E-state index contributed by atoms with van der Waals surface area (Å²) in [5.74, 6) is -1.65. The van der Waals surface area contributed by atoms with Crippen LogP contribution in [0.4, 0.5) is 13.2 Å². The van der Waals surface area contributed by atoms with E-state index in [0.29, 0.717) is 6.54 Å². The molecular weight excluding hydrogens is 511 g/mol. The normalized spacial score (nSPS) is 11.8. The third-order valence-corrected chi connectivity index (χ3v) is 7.37. The van der Waals surface area contributed by atoms with Crippen molar-refractivity contribution in [3.63, 3.8) is 0 Å². The van der Waals surface area contributed by atoms with Gasteiger partial charge in [0.15, 0.2) is 0 Å². The van der Waals surface area contributed by atoms with Gasteiger partial charge in [-0.15, -0.1) is 0 Å². The summed E-state index contributed by atoms with van der Waals surface area (Å²) in [5, 5.41) is 9.08. The van der Waals surface area contributed by atoms with Gasteiger partial charge in [0.25, 0.3) is 0 Å². The van der Waals surface area contributed by atoms with E-state index in [1.165, 1.54) is 18.0 Å². The number of aryl methyl sites for hydroxylation is 3. The molecule has 0 saturated heterocycles. The Morgan fingerprint density at radius 3 is 2.16 bits per heavy atom. The van der Waals surface area contributed by atoms with E-state index in [-0.39, 0.29) is 18.7 Å². The molecule has 1 heterocycles. The van der Waals surface area contributed by atoms with Crippen LogP contribution in [-0.2, 0) is 30.5 Å². The standard InChI is InChI=1S/C30H28F3NO3S/c1-19-13-20(2)29(21(3)14-19)38-34(18-26-11-12-27(37-26)30(31,32)33)17-22-7-9-24(10-8-22)25-6-4-5-23(15-25)16-28(35)36/h4-15H,16-18H2,1-3H3,(H,35,36). The molecule has 0 aliphatic heterocycles. The summed E-state index contributed by atoms with van der Waals surface area (Å²) >= 11 is 1.50. The minimum atomic E-state index is -4.53. The van der Waals surface area contributed by atoms with Crippen LogP contribution < -0.4 is 0 Å². The Morgan fingerprint density at radius 2 is 1.55 bits per heavy atom. The lowest BCUT2D eigenvalue weighted by atomic mass is 10.0. The van der Waals surface area contributed by atoms with E-state index in [2.05, 4.69) is 12.1 Å². The number of carboxylic acids is 1. The molecule has 0 amide bonds. The molecule has 0 bridgehead atoms. The largest absolute Gasteiger partial charge is 0.481 e. The van der Waals surface area contributed by atoms with Crippen molar-refractivity contribution in [2.45, 2.75) is 51.4 Å². The van der Waals surface area contributed by atoms with Gasteiger partial charge in [0.05, 0.1) is 13.0 Å².